The number of hydrogen-bond acceptors (Lipinski definition) is 2. The van der Waals surface area contributed by atoms with Crippen molar-refractivity contribution in [1.82, 2.24) is 14.6 Å². The van der Waals surface area contributed by atoms with E-state index in [1.54, 1.807) is 4.52 Å². The summed E-state index contributed by atoms with van der Waals surface area (Å²) in [7, 11) is 0. The van der Waals surface area contributed by atoms with Crippen LogP contribution in [-0.2, 0) is 6.42 Å². The van der Waals surface area contributed by atoms with Crippen LogP contribution in [0.15, 0.2) is 6.07 Å². The van der Waals surface area contributed by atoms with Crippen LogP contribution in [0.1, 0.15) is 30.3 Å². The van der Waals surface area contributed by atoms with E-state index < -0.39 is 0 Å². The van der Waals surface area contributed by atoms with Crippen molar-refractivity contribution in [2.24, 2.45) is 0 Å². The van der Waals surface area contributed by atoms with Gasteiger partial charge in [0, 0.05) is 6.42 Å². The summed E-state index contributed by atoms with van der Waals surface area (Å²) < 4.78 is 1.72. The number of pyridine rings is 1. The highest BCUT2D eigenvalue weighted by molar-refractivity contribution is 6.30. The van der Waals surface area contributed by atoms with E-state index in [0.717, 1.165) is 35.4 Å². The molecule has 80 valence electrons. The van der Waals surface area contributed by atoms with Crippen molar-refractivity contribution in [2.75, 3.05) is 0 Å². The highest BCUT2D eigenvalue weighted by atomic mass is 35.5. The minimum absolute atomic E-state index is 0.667. The van der Waals surface area contributed by atoms with Crippen LogP contribution in [0, 0.1) is 13.8 Å². The zero-order valence-electron chi connectivity index (χ0n) is 9.21. The number of nitrogens with zero attached hydrogens (tertiary/aromatic N) is 3. The van der Waals surface area contributed by atoms with Gasteiger partial charge in [0.25, 0.3) is 0 Å². The van der Waals surface area contributed by atoms with Crippen molar-refractivity contribution in [3.63, 3.8) is 0 Å². The normalized spacial score (nSPS) is 11.2. The van der Waals surface area contributed by atoms with Crippen molar-refractivity contribution in [2.45, 2.75) is 33.6 Å². The predicted molar refractivity (Wildman–Crippen MR) is 61.5 cm³/mol. The molecule has 0 aromatic carbocycles. The lowest BCUT2D eigenvalue weighted by Gasteiger charge is -2.03. The molecule has 3 nitrogen and oxygen atoms in total. The Morgan fingerprint density at radius 1 is 1.40 bits per heavy atom. The predicted octanol–water partition coefficient (Wildman–Crippen LogP) is 2.95. The molecular formula is C11H14ClN3. The Kier molecular flexibility index (Phi) is 2.65. The van der Waals surface area contributed by atoms with Gasteiger partial charge in [0.1, 0.15) is 5.15 Å². The maximum atomic E-state index is 6.21. The van der Waals surface area contributed by atoms with Gasteiger partial charge in [-0.3, -0.25) is 0 Å². The van der Waals surface area contributed by atoms with Gasteiger partial charge in [0.2, 0.25) is 0 Å². The second-order valence-corrected chi connectivity index (χ2v) is 4.15. The van der Waals surface area contributed by atoms with Crippen LogP contribution < -0.4 is 0 Å². The van der Waals surface area contributed by atoms with Gasteiger partial charge in [-0.2, -0.15) is 0 Å². The molecule has 0 atom stereocenters. The first-order valence-corrected chi connectivity index (χ1v) is 5.52. The third kappa shape index (κ3) is 1.72. The van der Waals surface area contributed by atoms with Crippen LogP contribution in [0.4, 0.5) is 0 Å². The number of rotatable bonds is 2. The smallest absolute Gasteiger partial charge is 0.157 e. The number of halogens is 1. The third-order valence-corrected chi connectivity index (χ3v) is 3.03. The molecule has 0 saturated heterocycles. The summed E-state index contributed by atoms with van der Waals surface area (Å²) in [5, 5.41) is 5.04. The van der Waals surface area contributed by atoms with Crippen molar-refractivity contribution in [3.8, 4) is 0 Å². The summed E-state index contributed by atoms with van der Waals surface area (Å²) in [4.78, 5) is 4.43. The SMILES string of the molecule is CCCc1nc2cc(C)c(C)c(Cl)n2n1. The molecule has 0 N–H and O–H groups in total. The number of fused-ring (bicyclic) bond motifs is 1. The van der Waals surface area contributed by atoms with Gasteiger partial charge in [-0.25, -0.2) is 9.50 Å². The number of hydrogen-bond donors (Lipinski definition) is 0. The minimum atomic E-state index is 0.667. The fourth-order valence-corrected chi connectivity index (χ4v) is 1.83. The molecule has 2 aromatic heterocycles. The molecule has 0 fully saturated rings. The van der Waals surface area contributed by atoms with E-state index in [2.05, 4.69) is 17.0 Å². The molecule has 0 radical (unpaired) electrons. The number of aryl methyl sites for hydroxylation is 2. The lowest BCUT2D eigenvalue weighted by atomic mass is 10.2. The molecule has 0 unspecified atom stereocenters. The molecule has 0 aliphatic heterocycles. The zero-order valence-corrected chi connectivity index (χ0v) is 9.97. The van der Waals surface area contributed by atoms with Gasteiger partial charge in [0.15, 0.2) is 11.5 Å². The molecule has 0 aliphatic carbocycles. The average molecular weight is 224 g/mol. The summed E-state index contributed by atoms with van der Waals surface area (Å²) >= 11 is 6.21. The largest absolute Gasteiger partial charge is 0.212 e. The number of aromatic nitrogens is 3. The molecule has 0 amide bonds. The van der Waals surface area contributed by atoms with Crippen LogP contribution in [0.2, 0.25) is 5.15 Å². The maximum absolute atomic E-state index is 6.21. The van der Waals surface area contributed by atoms with E-state index >= 15 is 0 Å². The molecule has 0 aliphatic rings. The first-order chi connectivity index (χ1) is 7.13. The van der Waals surface area contributed by atoms with Crippen molar-refractivity contribution < 1.29 is 0 Å². The van der Waals surface area contributed by atoms with Gasteiger partial charge < -0.3 is 0 Å². The van der Waals surface area contributed by atoms with Crippen molar-refractivity contribution in [3.05, 3.63) is 28.2 Å². The van der Waals surface area contributed by atoms with E-state index in [0.29, 0.717) is 5.15 Å². The Hall–Kier alpha value is -1.09. The Morgan fingerprint density at radius 2 is 2.13 bits per heavy atom. The van der Waals surface area contributed by atoms with E-state index in [1.807, 2.05) is 19.9 Å². The Labute approximate surface area is 94.1 Å². The summed E-state index contributed by atoms with van der Waals surface area (Å²) in [6.07, 6.45) is 1.95. The Balaban J connectivity index is 2.65. The lowest BCUT2D eigenvalue weighted by molar-refractivity contribution is 0.817. The van der Waals surface area contributed by atoms with E-state index in [1.165, 1.54) is 0 Å². The molecule has 2 rings (SSSR count). The molecular weight excluding hydrogens is 210 g/mol. The van der Waals surface area contributed by atoms with Crippen LogP contribution in [-0.4, -0.2) is 14.6 Å². The molecule has 4 heteroatoms. The van der Waals surface area contributed by atoms with Gasteiger partial charge in [-0.05, 0) is 37.5 Å². The lowest BCUT2D eigenvalue weighted by Crippen LogP contribution is -1.95. The standard InChI is InChI=1S/C11H14ClN3/c1-4-5-9-13-10-6-7(2)8(3)11(12)15(10)14-9/h6H,4-5H2,1-3H3. The van der Waals surface area contributed by atoms with Crippen molar-refractivity contribution >= 4 is 17.2 Å². The van der Waals surface area contributed by atoms with E-state index in [-0.39, 0.29) is 0 Å². The summed E-state index contributed by atoms with van der Waals surface area (Å²) in [5.74, 6) is 0.865. The molecule has 2 aromatic rings. The highest BCUT2D eigenvalue weighted by Crippen LogP contribution is 2.20. The fourth-order valence-electron chi connectivity index (χ4n) is 1.56. The summed E-state index contributed by atoms with van der Waals surface area (Å²) in [6, 6.07) is 2.02. The third-order valence-electron chi connectivity index (χ3n) is 2.58. The highest BCUT2D eigenvalue weighted by Gasteiger charge is 2.09. The molecule has 0 bridgehead atoms. The molecule has 0 spiro atoms. The van der Waals surface area contributed by atoms with Crippen LogP contribution in [0.5, 0.6) is 0 Å². The van der Waals surface area contributed by atoms with Gasteiger partial charge >= 0.3 is 0 Å². The summed E-state index contributed by atoms with van der Waals surface area (Å²) in [6.45, 7) is 6.15. The van der Waals surface area contributed by atoms with E-state index in [4.69, 9.17) is 11.6 Å². The quantitative estimate of drug-likeness (QED) is 0.733. The van der Waals surface area contributed by atoms with Gasteiger partial charge in [-0.15, -0.1) is 5.10 Å². The molecule has 15 heavy (non-hydrogen) atoms. The van der Waals surface area contributed by atoms with Crippen LogP contribution in [0.3, 0.4) is 0 Å². The molecule has 2 heterocycles. The zero-order chi connectivity index (χ0) is 11.0. The molecule has 0 saturated carbocycles. The maximum Gasteiger partial charge on any atom is 0.157 e. The minimum Gasteiger partial charge on any atom is -0.212 e. The average Bonchev–Trinajstić information content (AvgIpc) is 2.58. The second-order valence-electron chi connectivity index (χ2n) is 3.79. The van der Waals surface area contributed by atoms with Crippen molar-refractivity contribution in [1.29, 1.82) is 0 Å². The van der Waals surface area contributed by atoms with Crippen LogP contribution >= 0.6 is 11.6 Å². The Bertz CT molecular complexity index is 502. The first kappa shape index (κ1) is 10.4. The fraction of sp³-hybridized carbons (Fsp3) is 0.455. The Morgan fingerprint density at radius 3 is 2.80 bits per heavy atom. The van der Waals surface area contributed by atoms with Crippen LogP contribution in [0.25, 0.3) is 5.65 Å². The van der Waals surface area contributed by atoms with Gasteiger partial charge in [0.05, 0.1) is 0 Å². The monoisotopic (exact) mass is 223 g/mol. The van der Waals surface area contributed by atoms with Gasteiger partial charge in [-0.1, -0.05) is 18.5 Å². The first-order valence-electron chi connectivity index (χ1n) is 5.15. The van der Waals surface area contributed by atoms with E-state index in [9.17, 15) is 0 Å². The summed E-state index contributed by atoms with van der Waals surface area (Å²) in [5.41, 5.74) is 3.06. The topological polar surface area (TPSA) is 30.2 Å². The second kappa shape index (κ2) is 3.81.